The molecule has 126 valence electrons. The molecule has 0 saturated heterocycles. The molecule has 0 aliphatic carbocycles. The van der Waals surface area contributed by atoms with Crippen LogP contribution in [0.4, 0.5) is 0 Å². The maximum absolute atomic E-state index is 11.1. The van der Waals surface area contributed by atoms with Gasteiger partial charge in [-0.3, -0.25) is 0 Å². The van der Waals surface area contributed by atoms with E-state index < -0.39 is 11.9 Å². The van der Waals surface area contributed by atoms with Crippen LogP contribution >= 0.6 is 0 Å². The smallest absolute Gasteiger partial charge is 0.545 e. The van der Waals surface area contributed by atoms with E-state index in [1.165, 1.54) is 32.1 Å². The van der Waals surface area contributed by atoms with Gasteiger partial charge in [-0.15, -0.1) is 0 Å². The minimum Gasteiger partial charge on any atom is -0.545 e. The van der Waals surface area contributed by atoms with Crippen molar-refractivity contribution >= 4 is 66.4 Å². The van der Waals surface area contributed by atoms with Gasteiger partial charge in [0.05, 0.1) is 11.9 Å². The maximum Gasteiger partial charge on any atom is 2.00 e. The van der Waals surface area contributed by atoms with Crippen molar-refractivity contribution in [2.24, 2.45) is 0 Å². The van der Waals surface area contributed by atoms with Crippen molar-refractivity contribution in [2.45, 2.75) is 58.3 Å². The van der Waals surface area contributed by atoms with Gasteiger partial charge in [-0.2, -0.15) is 0 Å². The fourth-order valence-corrected chi connectivity index (χ4v) is 2.56. The Hall–Kier alpha value is -0.529. The Bertz CT molecular complexity index is 552. The Kier molecular flexibility index (Phi) is 13.4. The summed E-state index contributed by atoms with van der Waals surface area (Å²) in [5.74, 6) is -3.05. The van der Waals surface area contributed by atoms with Crippen LogP contribution in [0.15, 0.2) is 30.3 Å². The van der Waals surface area contributed by atoms with Crippen LogP contribution in [-0.2, 0) is 16.0 Å². The number of carboxylic acids is 2. The third-order valence-electron chi connectivity index (χ3n) is 3.79. The summed E-state index contributed by atoms with van der Waals surface area (Å²) in [6, 6.07) is 6.94. The van der Waals surface area contributed by atoms with Crippen LogP contribution < -0.4 is 10.2 Å². The SMILES string of the molecule is CCCCCCCCCc1cccc(/C(=C/C(=O)[O-])C(=O)[O-])c1.[Ba+2]. The van der Waals surface area contributed by atoms with Crippen LogP contribution in [-0.4, -0.2) is 60.8 Å². The van der Waals surface area contributed by atoms with Crippen molar-refractivity contribution in [3.05, 3.63) is 41.5 Å². The second kappa shape index (κ2) is 13.7. The van der Waals surface area contributed by atoms with Crippen molar-refractivity contribution in [3.8, 4) is 0 Å². The molecule has 0 unspecified atom stereocenters. The van der Waals surface area contributed by atoms with Crippen LogP contribution in [0.1, 0.15) is 63.0 Å². The number of aryl methyl sites for hydroxylation is 1. The molecule has 0 saturated carbocycles. The predicted molar refractivity (Wildman–Crippen MR) is 91.9 cm³/mol. The van der Waals surface area contributed by atoms with Crippen LogP contribution in [0, 0.1) is 0 Å². The average Bonchev–Trinajstić information content (AvgIpc) is 2.51. The van der Waals surface area contributed by atoms with E-state index in [4.69, 9.17) is 0 Å². The minimum absolute atomic E-state index is 0. The molecule has 0 aromatic heterocycles. The Morgan fingerprint density at radius 3 is 2.21 bits per heavy atom. The van der Waals surface area contributed by atoms with Gasteiger partial charge < -0.3 is 19.8 Å². The second-order valence-corrected chi connectivity index (χ2v) is 5.74. The Balaban J connectivity index is 0.00000529. The fraction of sp³-hybridized carbons (Fsp3) is 0.474. The Morgan fingerprint density at radius 1 is 1.00 bits per heavy atom. The second-order valence-electron chi connectivity index (χ2n) is 5.74. The van der Waals surface area contributed by atoms with E-state index in [9.17, 15) is 19.8 Å². The average molecular weight is 454 g/mol. The Morgan fingerprint density at radius 2 is 1.62 bits per heavy atom. The molecule has 0 N–H and O–H groups in total. The summed E-state index contributed by atoms with van der Waals surface area (Å²) in [4.78, 5) is 21.7. The molecule has 0 aliphatic rings. The van der Waals surface area contributed by atoms with Gasteiger partial charge >= 0.3 is 48.9 Å². The molecule has 24 heavy (non-hydrogen) atoms. The van der Waals surface area contributed by atoms with Crippen molar-refractivity contribution in [1.29, 1.82) is 0 Å². The van der Waals surface area contributed by atoms with Gasteiger partial charge in [-0.05, 0) is 30.0 Å². The summed E-state index contributed by atoms with van der Waals surface area (Å²) in [5.41, 5.74) is 0.989. The number of carbonyl (C=O) groups is 2. The molecular formula is C19H24BaO4. The molecule has 0 fully saturated rings. The first-order valence-electron chi connectivity index (χ1n) is 8.28. The number of hydrogen-bond acceptors (Lipinski definition) is 4. The largest absolute Gasteiger partial charge is 2.00 e. The monoisotopic (exact) mass is 454 g/mol. The van der Waals surface area contributed by atoms with E-state index in [0.717, 1.165) is 24.8 Å². The Labute approximate surface area is 184 Å². The molecule has 0 amide bonds. The minimum atomic E-state index is -1.54. The number of carbonyl (C=O) groups excluding carboxylic acids is 2. The van der Waals surface area contributed by atoms with E-state index in [1.54, 1.807) is 18.2 Å². The predicted octanol–water partition coefficient (Wildman–Crippen LogP) is 1.48. The molecular weight excluding hydrogens is 430 g/mol. The van der Waals surface area contributed by atoms with Crippen LogP contribution in [0.5, 0.6) is 0 Å². The van der Waals surface area contributed by atoms with Crippen molar-refractivity contribution < 1.29 is 19.8 Å². The molecule has 0 bridgehead atoms. The van der Waals surface area contributed by atoms with Crippen molar-refractivity contribution in [1.82, 2.24) is 0 Å². The first-order valence-corrected chi connectivity index (χ1v) is 8.28. The van der Waals surface area contributed by atoms with Gasteiger partial charge in [-0.1, -0.05) is 69.7 Å². The first-order chi connectivity index (χ1) is 11.0. The number of benzene rings is 1. The van der Waals surface area contributed by atoms with Crippen molar-refractivity contribution in [2.75, 3.05) is 0 Å². The topological polar surface area (TPSA) is 80.3 Å². The van der Waals surface area contributed by atoms with E-state index >= 15 is 0 Å². The molecule has 0 spiro atoms. The molecule has 1 aromatic carbocycles. The zero-order valence-electron chi connectivity index (χ0n) is 14.4. The third-order valence-corrected chi connectivity index (χ3v) is 3.79. The number of unbranched alkanes of at least 4 members (excludes halogenated alkanes) is 6. The van der Waals surface area contributed by atoms with Crippen molar-refractivity contribution in [3.63, 3.8) is 0 Å². The summed E-state index contributed by atoms with van der Waals surface area (Å²) < 4.78 is 0. The van der Waals surface area contributed by atoms with Gasteiger partial charge in [0.1, 0.15) is 0 Å². The summed E-state index contributed by atoms with van der Waals surface area (Å²) in [7, 11) is 0. The van der Waals surface area contributed by atoms with Crippen LogP contribution in [0.2, 0.25) is 0 Å². The normalized spacial score (nSPS) is 11.0. The van der Waals surface area contributed by atoms with E-state index in [-0.39, 0.29) is 54.5 Å². The number of carboxylic acid groups (broad SMARTS) is 2. The van der Waals surface area contributed by atoms with Crippen LogP contribution in [0.3, 0.4) is 0 Å². The summed E-state index contributed by atoms with van der Waals surface area (Å²) in [5, 5.41) is 21.7. The zero-order chi connectivity index (χ0) is 17.1. The van der Waals surface area contributed by atoms with Crippen LogP contribution in [0.25, 0.3) is 5.57 Å². The molecule has 4 nitrogen and oxygen atoms in total. The molecule has 1 rings (SSSR count). The maximum atomic E-state index is 11.1. The number of hydrogen-bond donors (Lipinski definition) is 0. The molecule has 0 aliphatic heterocycles. The van der Waals surface area contributed by atoms with Gasteiger partial charge in [0, 0.05) is 5.57 Å². The quantitative estimate of drug-likeness (QED) is 0.289. The molecule has 1 aromatic rings. The van der Waals surface area contributed by atoms with Gasteiger partial charge in [0.2, 0.25) is 0 Å². The third kappa shape index (κ3) is 9.69. The van der Waals surface area contributed by atoms with E-state index in [2.05, 4.69) is 6.92 Å². The van der Waals surface area contributed by atoms with E-state index in [0.29, 0.717) is 11.6 Å². The van der Waals surface area contributed by atoms with Gasteiger partial charge in [0.15, 0.2) is 0 Å². The first kappa shape index (κ1) is 23.5. The number of aliphatic carboxylic acids is 2. The molecule has 0 radical (unpaired) electrons. The summed E-state index contributed by atoms with van der Waals surface area (Å²) >= 11 is 0. The zero-order valence-corrected chi connectivity index (χ0v) is 18.8. The fourth-order valence-electron chi connectivity index (χ4n) is 2.56. The molecule has 0 atom stereocenters. The van der Waals surface area contributed by atoms with Gasteiger partial charge in [-0.25, -0.2) is 0 Å². The summed E-state index contributed by atoms with van der Waals surface area (Å²) in [6.45, 7) is 2.20. The molecule has 0 heterocycles. The summed E-state index contributed by atoms with van der Waals surface area (Å²) in [6.07, 6.45) is 9.92. The number of rotatable bonds is 11. The van der Waals surface area contributed by atoms with Gasteiger partial charge in [0.25, 0.3) is 0 Å². The standard InChI is InChI=1S/C19H26O4.Ba/c1-2-3-4-5-6-7-8-10-15-11-9-12-16(13-15)17(19(22)23)14-18(20)21;/h9,11-14H,2-8,10H2,1H3,(H,20,21)(H,22,23);/q;+2/p-2/b17-14-;. The van der Waals surface area contributed by atoms with E-state index in [1.807, 2.05) is 6.07 Å². The molecule has 5 heteroatoms.